The molecule has 1 saturated heterocycles. The number of nitrogens with one attached hydrogen (secondary N) is 2. The second kappa shape index (κ2) is 13.2. The quantitative estimate of drug-likeness (QED) is 0.272. The topological polar surface area (TPSA) is 98.2 Å². The lowest BCUT2D eigenvalue weighted by molar-refractivity contribution is -0.118. The summed E-state index contributed by atoms with van der Waals surface area (Å²) < 4.78 is 17.6. The summed E-state index contributed by atoms with van der Waals surface area (Å²) in [7, 11) is 0. The Morgan fingerprint density at radius 2 is 1.71 bits per heavy atom. The van der Waals surface area contributed by atoms with E-state index in [9.17, 15) is 9.59 Å². The Morgan fingerprint density at radius 3 is 2.42 bits per heavy atom. The van der Waals surface area contributed by atoms with Crippen LogP contribution in [-0.4, -0.2) is 36.8 Å². The van der Waals surface area contributed by atoms with E-state index in [1.807, 2.05) is 56.3 Å². The molecule has 1 aliphatic heterocycles. The first-order valence-corrected chi connectivity index (χ1v) is 13.5. The number of thioether (sulfide) groups is 1. The summed E-state index contributed by atoms with van der Waals surface area (Å²) in [6, 6.07) is 20.0. The van der Waals surface area contributed by atoms with E-state index in [1.165, 1.54) is 11.8 Å². The number of rotatable bonds is 10. The van der Waals surface area contributed by atoms with E-state index in [0.717, 1.165) is 11.3 Å². The van der Waals surface area contributed by atoms with Crippen LogP contribution in [0.25, 0.3) is 6.08 Å². The van der Waals surface area contributed by atoms with Gasteiger partial charge in [0, 0.05) is 10.2 Å². The standard InChI is InChI=1S/C28H26BrN3O5S/c1-3-35-21-12-10-20(11-13-21)31-28-32-27(34)25(38-28)15-18-14-23(36-4-2)24(16-22(18)29)37-17-26(33)30-19-8-6-5-7-9-19/h5-16H,3-4,17H2,1-2H3,(H,30,33)(H,31,32,34)/b25-15+. The predicted octanol–water partition coefficient (Wildman–Crippen LogP) is 6.16. The van der Waals surface area contributed by atoms with E-state index in [2.05, 4.69) is 31.6 Å². The van der Waals surface area contributed by atoms with Gasteiger partial charge in [0.1, 0.15) is 5.75 Å². The SMILES string of the molecule is CCOc1ccc(N=C2NC(=O)/C(=C\c3cc(OCC)c(OCC(=O)Nc4ccccc4)cc3Br)S2)cc1. The molecule has 0 unspecified atom stereocenters. The fraction of sp³-hybridized carbons (Fsp3) is 0.179. The number of carbonyl (C=O) groups excluding carboxylic acids is 2. The van der Waals surface area contributed by atoms with E-state index in [0.29, 0.717) is 50.6 Å². The zero-order chi connectivity index (χ0) is 26.9. The molecule has 38 heavy (non-hydrogen) atoms. The van der Waals surface area contributed by atoms with Crippen molar-refractivity contribution in [1.82, 2.24) is 5.32 Å². The maximum Gasteiger partial charge on any atom is 0.264 e. The molecule has 3 aromatic rings. The molecule has 4 rings (SSSR count). The van der Waals surface area contributed by atoms with Crippen molar-refractivity contribution >= 4 is 62.1 Å². The molecule has 0 bridgehead atoms. The summed E-state index contributed by atoms with van der Waals surface area (Å²) in [5.41, 5.74) is 2.11. The van der Waals surface area contributed by atoms with Crippen LogP contribution in [0.1, 0.15) is 19.4 Å². The lowest BCUT2D eigenvalue weighted by Crippen LogP contribution is -2.20. The molecule has 1 aliphatic rings. The highest BCUT2D eigenvalue weighted by molar-refractivity contribution is 9.10. The van der Waals surface area contributed by atoms with Crippen molar-refractivity contribution in [3.05, 3.63) is 81.7 Å². The summed E-state index contributed by atoms with van der Waals surface area (Å²) in [6.07, 6.45) is 1.75. The van der Waals surface area contributed by atoms with Crippen LogP contribution in [0.5, 0.6) is 17.2 Å². The Balaban J connectivity index is 1.47. The second-order valence-electron chi connectivity index (χ2n) is 7.86. The fourth-order valence-electron chi connectivity index (χ4n) is 3.43. The van der Waals surface area contributed by atoms with Gasteiger partial charge in [-0.2, -0.15) is 0 Å². The van der Waals surface area contributed by atoms with Crippen LogP contribution in [0.3, 0.4) is 0 Å². The van der Waals surface area contributed by atoms with Crippen molar-refractivity contribution in [3.63, 3.8) is 0 Å². The highest BCUT2D eigenvalue weighted by atomic mass is 79.9. The number of carbonyl (C=O) groups is 2. The van der Waals surface area contributed by atoms with Gasteiger partial charge in [-0.15, -0.1) is 0 Å². The lowest BCUT2D eigenvalue weighted by atomic mass is 10.2. The number of amides is 2. The number of ether oxygens (including phenoxy) is 3. The second-order valence-corrected chi connectivity index (χ2v) is 9.75. The molecule has 10 heteroatoms. The minimum absolute atomic E-state index is 0.189. The van der Waals surface area contributed by atoms with Crippen LogP contribution in [0.4, 0.5) is 11.4 Å². The van der Waals surface area contributed by atoms with Crippen molar-refractivity contribution in [1.29, 1.82) is 0 Å². The first-order valence-electron chi connectivity index (χ1n) is 11.9. The van der Waals surface area contributed by atoms with E-state index in [4.69, 9.17) is 14.2 Å². The predicted molar refractivity (Wildman–Crippen MR) is 154 cm³/mol. The molecule has 1 fully saturated rings. The van der Waals surface area contributed by atoms with Crippen LogP contribution < -0.4 is 24.8 Å². The number of hydrogen-bond acceptors (Lipinski definition) is 7. The monoisotopic (exact) mass is 595 g/mol. The average molecular weight is 597 g/mol. The van der Waals surface area contributed by atoms with Crippen LogP contribution in [0.2, 0.25) is 0 Å². The number of nitrogens with zero attached hydrogens (tertiary/aromatic N) is 1. The van der Waals surface area contributed by atoms with Crippen molar-refractivity contribution in [2.75, 3.05) is 25.1 Å². The minimum atomic E-state index is -0.292. The minimum Gasteiger partial charge on any atom is -0.494 e. The molecule has 2 amide bonds. The molecule has 0 aliphatic carbocycles. The zero-order valence-corrected chi connectivity index (χ0v) is 23.2. The zero-order valence-electron chi connectivity index (χ0n) is 20.8. The van der Waals surface area contributed by atoms with Crippen molar-refractivity contribution in [2.45, 2.75) is 13.8 Å². The van der Waals surface area contributed by atoms with Gasteiger partial charge < -0.3 is 24.8 Å². The number of para-hydroxylation sites is 1. The van der Waals surface area contributed by atoms with Gasteiger partial charge in [-0.3, -0.25) is 9.59 Å². The molecule has 1 heterocycles. The average Bonchev–Trinajstić information content (AvgIpc) is 3.25. The van der Waals surface area contributed by atoms with Gasteiger partial charge >= 0.3 is 0 Å². The number of benzene rings is 3. The summed E-state index contributed by atoms with van der Waals surface area (Å²) >= 11 is 4.79. The molecule has 8 nitrogen and oxygen atoms in total. The summed E-state index contributed by atoms with van der Waals surface area (Å²) in [4.78, 5) is 29.9. The molecular formula is C28H26BrN3O5S. The third kappa shape index (κ3) is 7.39. The van der Waals surface area contributed by atoms with Gasteiger partial charge in [0.2, 0.25) is 0 Å². The molecule has 0 radical (unpaired) electrons. The highest BCUT2D eigenvalue weighted by Gasteiger charge is 2.24. The Bertz CT molecular complexity index is 1360. The Morgan fingerprint density at radius 1 is 1.00 bits per heavy atom. The van der Waals surface area contributed by atoms with Crippen LogP contribution in [-0.2, 0) is 9.59 Å². The normalized spacial score (nSPS) is 14.9. The Kier molecular flexibility index (Phi) is 9.45. The molecule has 2 N–H and O–H groups in total. The van der Waals surface area contributed by atoms with Crippen molar-refractivity contribution in [3.8, 4) is 17.2 Å². The third-order valence-electron chi connectivity index (χ3n) is 5.10. The first kappa shape index (κ1) is 27.3. The van der Waals surface area contributed by atoms with E-state index in [1.54, 1.807) is 30.3 Å². The fourth-order valence-corrected chi connectivity index (χ4v) is 4.70. The molecule has 0 atom stereocenters. The third-order valence-corrected chi connectivity index (χ3v) is 6.69. The Labute approximate surface area is 233 Å². The van der Waals surface area contributed by atoms with Crippen LogP contribution in [0, 0.1) is 0 Å². The van der Waals surface area contributed by atoms with Crippen LogP contribution >= 0.6 is 27.7 Å². The van der Waals surface area contributed by atoms with Gasteiger partial charge in [0.25, 0.3) is 11.8 Å². The van der Waals surface area contributed by atoms with E-state index in [-0.39, 0.29) is 18.4 Å². The summed E-state index contributed by atoms with van der Waals surface area (Å²) in [5, 5.41) is 6.06. The highest BCUT2D eigenvalue weighted by Crippen LogP contribution is 2.37. The van der Waals surface area contributed by atoms with Crippen molar-refractivity contribution in [2.24, 2.45) is 4.99 Å². The molecule has 0 saturated carbocycles. The molecule has 0 spiro atoms. The molecule has 196 valence electrons. The maximum absolute atomic E-state index is 12.6. The number of hydrogen-bond donors (Lipinski definition) is 2. The van der Waals surface area contributed by atoms with Crippen LogP contribution in [0.15, 0.2) is 81.1 Å². The van der Waals surface area contributed by atoms with Gasteiger partial charge in [-0.1, -0.05) is 34.1 Å². The number of aliphatic imine (C=N–C) groups is 1. The van der Waals surface area contributed by atoms with Gasteiger partial charge in [-0.05, 0) is 85.8 Å². The Hall–Kier alpha value is -3.76. The van der Waals surface area contributed by atoms with Crippen molar-refractivity contribution < 1.29 is 23.8 Å². The van der Waals surface area contributed by atoms with Gasteiger partial charge in [0.15, 0.2) is 23.3 Å². The summed E-state index contributed by atoms with van der Waals surface area (Å²) in [6.45, 7) is 4.58. The number of amidine groups is 1. The molecule has 0 aromatic heterocycles. The lowest BCUT2D eigenvalue weighted by Gasteiger charge is -2.14. The summed E-state index contributed by atoms with van der Waals surface area (Å²) in [5.74, 6) is 1.09. The number of anilines is 1. The number of halogens is 1. The van der Waals surface area contributed by atoms with Gasteiger partial charge in [-0.25, -0.2) is 4.99 Å². The maximum atomic E-state index is 12.6. The first-order chi connectivity index (χ1) is 18.4. The van der Waals surface area contributed by atoms with Gasteiger partial charge in [0.05, 0.1) is 23.8 Å². The van der Waals surface area contributed by atoms with E-state index >= 15 is 0 Å². The van der Waals surface area contributed by atoms with E-state index < -0.39 is 0 Å². The molecular weight excluding hydrogens is 570 g/mol. The smallest absolute Gasteiger partial charge is 0.264 e. The molecule has 3 aromatic carbocycles. The largest absolute Gasteiger partial charge is 0.494 e.